The van der Waals surface area contributed by atoms with Gasteiger partial charge in [0.2, 0.25) is 0 Å². The maximum Gasteiger partial charge on any atom is 0.154 e. The molecule has 0 N–H and O–H groups in total. The van der Waals surface area contributed by atoms with E-state index in [9.17, 15) is 0 Å². The van der Waals surface area contributed by atoms with Crippen LogP contribution in [0.2, 0.25) is 0 Å². The molecule has 6 heterocycles. The molecular weight excluding hydrogens is 434 g/mol. The molecule has 0 unspecified atom stereocenters. The highest BCUT2D eigenvalue weighted by Gasteiger charge is 2.40. The maximum absolute atomic E-state index is 4.94. The summed E-state index contributed by atoms with van der Waals surface area (Å²) in [6, 6.07) is 12.5. The molecule has 33 heavy (non-hydrogen) atoms. The molecule has 1 saturated heterocycles. The van der Waals surface area contributed by atoms with Crippen molar-refractivity contribution in [1.82, 2.24) is 29.2 Å². The lowest BCUT2D eigenvalue weighted by atomic mass is 9.76. The Labute approximate surface area is 197 Å². The molecule has 1 fully saturated rings. The van der Waals surface area contributed by atoms with Crippen LogP contribution in [0.4, 0.5) is 5.82 Å². The third-order valence-corrected chi connectivity index (χ3v) is 7.33. The highest BCUT2D eigenvalue weighted by Crippen LogP contribution is 2.44. The van der Waals surface area contributed by atoms with Crippen molar-refractivity contribution in [2.45, 2.75) is 25.7 Å². The number of nitrogens with zero attached hydrogens (tertiary/aromatic N) is 7. The van der Waals surface area contributed by atoms with Gasteiger partial charge in [0.05, 0.1) is 29.8 Å². The van der Waals surface area contributed by atoms with Crippen molar-refractivity contribution in [3.8, 4) is 11.3 Å². The van der Waals surface area contributed by atoms with Gasteiger partial charge in [-0.2, -0.15) is 10.2 Å². The predicted octanol–water partition coefficient (Wildman–Crippen LogP) is 4.25. The minimum Gasteiger partial charge on any atom is -0.355 e. The fourth-order valence-electron chi connectivity index (χ4n) is 5.63. The number of aromatic nitrogens is 6. The molecule has 5 aromatic heterocycles. The molecule has 5 aromatic rings. The predicted molar refractivity (Wildman–Crippen MR) is 130 cm³/mol. The first-order chi connectivity index (χ1) is 15.8. The van der Waals surface area contributed by atoms with Crippen molar-refractivity contribution < 1.29 is 0 Å². The van der Waals surface area contributed by atoms with E-state index < -0.39 is 0 Å². The molecule has 0 bridgehead atoms. The van der Waals surface area contributed by atoms with Gasteiger partial charge in [0.15, 0.2) is 5.82 Å². The molecule has 0 amide bonds. The molecule has 0 atom stereocenters. The molecule has 2 aliphatic rings. The highest BCUT2D eigenvalue weighted by atomic mass is 35.5. The second-order valence-corrected chi connectivity index (χ2v) is 9.13. The quantitative estimate of drug-likeness (QED) is 0.396. The summed E-state index contributed by atoms with van der Waals surface area (Å²) in [4.78, 5) is 12.0. The summed E-state index contributed by atoms with van der Waals surface area (Å²) in [5.41, 5.74) is 7.19. The van der Waals surface area contributed by atoms with Crippen LogP contribution < -0.4 is 4.90 Å². The van der Waals surface area contributed by atoms with Gasteiger partial charge in [-0.25, -0.2) is 14.0 Å². The van der Waals surface area contributed by atoms with E-state index in [2.05, 4.69) is 44.3 Å². The number of anilines is 1. The number of halogens is 1. The third kappa shape index (κ3) is 3.10. The average Bonchev–Trinajstić information content (AvgIpc) is 3.56. The zero-order valence-corrected chi connectivity index (χ0v) is 18.9. The lowest BCUT2D eigenvalue weighted by molar-refractivity contribution is 0.231. The second kappa shape index (κ2) is 7.56. The van der Waals surface area contributed by atoms with E-state index in [1.807, 2.05) is 52.1 Å². The normalized spacial score (nSPS) is 16.9. The lowest BCUT2D eigenvalue weighted by Crippen LogP contribution is -2.41. The molecule has 7 rings (SSSR count). The van der Waals surface area contributed by atoms with Gasteiger partial charge < -0.3 is 4.90 Å². The Kier molecular flexibility index (Phi) is 4.62. The molecule has 1 spiro atoms. The van der Waals surface area contributed by atoms with Gasteiger partial charge in [-0.1, -0.05) is 12.1 Å². The van der Waals surface area contributed by atoms with Crippen LogP contribution in [0.1, 0.15) is 24.1 Å². The first kappa shape index (κ1) is 20.2. The van der Waals surface area contributed by atoms with E-state index in [1.54, 1.807) is 0 Å². The van der Waals surface area contributed by atoms with Crippen LogP contribution in [0.25, 0.3) is 22.3 Å². The molecule has 166 valence electrons. The van der Waals surface area contributed by atoms with Crippen LogP contribution >= 0.6 is 12.4 Å². The van der Waals surface area contributed by atoms with Crippen molar-refractivity contribution in [2.24, 2.45) is 5.41 Å². The van der Waals surface area contributed by atoms with Gasteiger partial charge >= 0.3 is 0 Å². The first-order valence-electron chi connectivity index (χ1n) is 11.2. The van der Waals surface area contributed by atoms with Crippen molar-refractivity contribution >= 4 is 29.3 Å². The monoisotopic (exact) mass is 457 g/mol. The molecule has 8 heteroatoms. The lowest BCUT2D eigenvalue weighted by Gasteiger charge is -2.40. The fraction of sp³-hybridized carbons (Fsp3) is 0.280. The molecule has 0 radical (unpaired) electrons. The number of rotatable bonds is 2. The largest absolute Gasteiger partial charge is 0.355 e. The summed E-state index contributed by atoms with van der Waals surface area (Å²) in [5.74, 6) is 1.02. The Hall–Kier alpha value is -3.45. The molecule has 0 saturated carbocycles. The summed E-state index contributed by atoms with van der Waals surface area (Å²) < 4.78 is 3.89. The summed E-state index contributed by atoms with van der Waals surface area (Å²) in [7, 11) is 0. The van der Waals surface area contributed by atoms with Gasteiger partial charge in [0, 0.05) is 36.7 Å². The molecule has 1 aliphatic carbocycles. The third-order valence-electron chi connectivity index (χ3n) is 7.33. The Morgan fingerprint density at radius 3 is 2.61 bits per heavy atom. The van der Waals surface area contributed by atoms with Gasteiger partial charge in [-0.05, 0) is 60.9 Å². The van der Waals surface area contributed by atoms with Crippen LogP contribution in [0, 0.1) is 5.41 Å². The number of hydrogen-bond donors (Lipinski definition) is 0. The number of hydrogen-bond acceptors (Lipinski definition) is 5. The summed E-state index contributed by atoms with van der Waals surface area (Å²) in [6.07, 6.45) is 14.2. The summed E-state index contributed by atoms with van der Waals surface area (Å²) in [5, 5.41) is 9.13. The molecular formula is C25H24ClN7. The van der Waals surface area contributed by atoms with E-state index in [0.717, 1.165) is 54.0 Å². The highest BCUT2D eigenvalue weighted by molar-refractivity contribution is 5.85. The van der Waals surface area contributed by atoms with Crippen LogP contribution in [0.3, 0.4) is 0 Å². The molecule has 7 nitrogen and oxygen atoms in total. The van der Waals surface area contributed by atoms with E-state index in [0.29, 0.717) is 5.41 Å². The van der Waals surface area contributed by atoms with Gasteiger partial charge in [0.1, 0.15) is 5.52 Å². The minimum atomic E-state index is 0. The van der Waals surface area contributed by atoms with Gasteiger partial charge in [-0.3, -0.25) is 4.98 Å². The van der Waals surface area contributed by atoms with E-state index >= 15 is 0 Å². The zero-order chi connectivity index (χ0) is 21.1. The minimum absolute atomic E-state index is 0. The molecule has 0 aromatic carbocycles. The van der Waals surface area contributed by atoms with E-state index in [-0.39, 0.29) is 12.4 Å². The van der Waals surface area contributed by atoms with Gasteiger partial charge in [0.25, 0.3) is 0 Å². The average molecular weight is 458 g/mol. The zero-order valence-electron chi connectivity index (χ0n) is 18.1. The fourth-order valence-corrected chi connectivity index (χ4v) is 5.63. The van der Waals surface area contributed by atoms with Gasteiger partial charge in [-0.15, -0.1) is 12.4 Å². The Morgan fingerprint density at radius 1 is 0.818 bits per heavy atom. The second-order valence-electron chi connectivity index (χ2n) is 9.13. The van der Waals surface area contributed by atoms with Crippen molar-refractivity contribution in [1.29, 1.82) is 0 Å². The van der Waals surface area contributed by atoms with Crippen molar-refractivity contribution in [3.05, 3.63) is 78.6 Å². The summed E-state index contributed by atoms with van der Waals surface area (Å²) in [6.45, 7) is 2.02. The number of pyridine rings is 2. The standard InChI is InChI=1S/C25H23N7.ClH/c1-2-11-31-21(5-1)19(16-29-31)23-17-27-24(22-6-10-28-32(22)23)30-12-7-25(8-13-30)14-18-4-3-9-26-20(18)15-25;/h1-6,9-11,16-17H,7-8,12-15H2;1H. The van der Waals surface area contributed by atoms with E-state index in [4.69, 9.17) is 4.98 Å². The topological polar surface area (TPSA) is 63.6 Å². The van der Waals surface area contributed by atoms with Crippen LogP contribution in [-0.4, -0.2) is 42.3 Å². The first-order valence-corrected chi connectivity index (χ1v) is 11.2. The maximum atomic E-state index is 4.94. The Balaban J connectivity index is 0.00000206. The van der Waals surface area contributed by atoms with Crippen LogP contribution in [-0.2, 0) is 12.8 Å². The Morgan fingerprint density at radius 2 is 1.73 bits per heavy atom. The van der Waals surface area contributed by atoms with Crippen LogP contribution in [0.15, 0.2) is 67.4 Å². The number of piperidine rings is 1. The van der Waals surface area contributed by atoms with Crippen LogP contribution in [0.5, 0.6) is 0 Å². The van der Waals surface area contributed by atoms with Crippen molar-refractivity contribution in [3.63, 3.8) is 0 Å². The SMILES string of the molecule is Cl.c1cnc2c(c1)CC1(CCN(c3ncc(-c4cnn5ccccc45)n4nccc34)CC1)C2. The van der Waals surface area contributed by atoms with Crippen molar-refractivity contribution in [2.75, 3.05) is 18.0 Å². The smallest absolute Gasteiger partial charge is 0.154 e. The molecule has 1 aliphatic heterocycles. The van der Waals surface area contributed by atoms with E-state index in [1.165, 1.54) is 24.1 Å². The Bertz CT molecular complexity index is 1440. The summed E-state index contributed by atoms with van der Waals surface area (Å²) >= 11 is 0. The number of fused-ring (bicyclic) bond motifs is 3.